The first-order valence-corrected chi connectivity index (χ1v) is 12.1. The fourth-order valence-corrected chi connectivity index (χ4v) is 5.32. The van der Waals surface area contributed by atoms with Gasteiger partial charge in [0.25, 0.3) is 0 Å². The Bertz CT molecular complexity index is 1040. The van der Waals surface area contributed by atoms with E-state index < -0.39 is 6.36 Å². The second-order valence-electron chi connectivity index (χ2n) is 10.5. The predicted octanol–water partition coefficient (Wildman–Crippen LogP) is 5.50. The largest absolute Gasteiger partial charge is 0.573 e. The lowest BCUT2D eigenvalue weighted by Crippen LogP contribution is -2.47. The second kappa shape index (κ2) is 8.57. The van der Waals surface area contributed by atoms with Crippen molar-refractivity contribution in [3.05, 3.63) is 41.5 Å². The van der Waals surface area contributed by atoms with Gasteiger partial charge in [0.15, 0.2) is 5.82 Å². The number of alkyl halides is 3. The highest BCUT2D eigenvalue weighted by Gasteiger charge is 2.49. The predicted molar refractivity (Wildman–Crippen MR) is 119 cm³/mol. The van der Waals surface area contributed by atoms with E-state index in [0.29, 0.717) is 30.6 Å². The highest BCUT2D eigenvalue weighted by Crippen LogP contribution is 2.60. The number of aromatic nitrogens is 3. The van der Waals surface area contributed by atoms with Crippen molar-refractivity contribution < 1.29 is 22.7 Å². The lowest BCUT2D eigenvalue weighted by atomic mass is 9.54. The summed E-state index contributed by atoms with van der Waals surface area (Å²) in [5.41, 5.74) is 2.12. The zero-order valence-electron chi connectivity index (χ0n) is 19.6. The molecule has 6 rings (SSSR count). The molecule has 0 unspecified atom stereocenters. The van der Waals surface area contributed by atoms with E-state index in [9.17, 15) is 18.0 Å². The van der Waals surface area contributed by atoms with Gasteiger partial charge in [-0.1, -0.05) is 18.6 Å². The Morgan fingerprint density at radius 3 is 2.38 bits per heavy atom. The van der Waals surface area contributed by atoms with Crippen LogP contribution in [0, 0.1) is 12.3 Å². The number of nitrogens with zero attached hydrogens (tertiary/aromatic N) is 4. The molecule has 34 heavy (non-hydrogen) atoms. The molecule has 1 aromatic carbocycles. The molecule has 9 heteroatoms. The number of benzene rings is 1. The maximum absolute atomic E-state index is 12.1. The van der Waals surface area contributed by atoms with Crippen LogP contribution in [0.2, 0.25) is 0 Å². The van der Waals surface area contributed by atoms with Crippen LogP contribution >= 0.6 is 0 Å². The molecule has 4 fully saturated rings. The van der Waals surface area contributed by atoms with E-state index in [1.54, 1.807) is 24.0 Å². The number of hydrogen-bond acceptors (Lipinski definition) is 4. The first-order chi connectivity index (χ1) is 16.1. The topological polar surface area (TPSA) is 60.3 Å². The summed E-state index contributed by atoms with van der Waals surface area (Å²) < 4.78 is 42.4. The van der Waals surface area contributed by atoms with Crippen molar-refractivity contribution in [2.45, 2.75) is 83.0 Å². The Labute approximate surface area is 197 Å². The molecule has 3 aliphatic carbocycles. The number of aryl methyl sites for hydroxylation is 1. The minimum Gasteiger partial charge on any atom is -0.406 e. The molecule has 0 radical (unpaired) electrons. The van der Waals surface area contributed by atoms with Gasteiger partial charge < -0.3 is 9.64 Å². The average Bonchev–Trinajstić information content (AvgIpc) is 3.38. The Morgan fingerprint density at radius 2 is 1.85 bits per heavy atom. The van der Waals surface area contributed by atoms with Crippen LogP contribution in [-0.4, -0.2) is 45.0 Å². The molecule has 1 aliphatic heterocycles. The van der Waals surface area contributed by atoms with Gasteiger partial charge in [-0.15, -0.1) is 13.2 Å². The number of carbonyl (C=O) groups is 1. The third-order valence-corrected chi connectivity index (χ3v) is 7.82. The van der Waals surface area contributed by atoms with Gasteiger partial charge in [-0.25, -0.2) is 9.67 Å². The van der Waals surface area contributed by atoms with Crippen LogP contribution in [0.25, 0.3) is 0 Å². The SMILES string of the molecule is CC(=O)N1CC(c2ccc(OC(F)(F)F)c(C)c2)C1.c1nc(C2CC2)nn1C1CC2(CCC2)C1. The maximum atomic E-state index is 12.1. The standard InChI is InChI=1S/C13H14F3NO2.C12H17N3/c1-8-5-10(11-6-17(7-11)9(2)18)3-4-12(8)19-13(14,15)16;1-4-12(5-1)6-10(7-12)15-8-13-11(14-15)9-2-3-9/h3-5,11H,6-7H2,1-2H3;8-10H,1-7H2. The number of halogens is 3. The molecular formula is C25H31F3N4O2. The highest BCUT2D eigenvalue weighted by atomic mass is 19.4. The quantitative estimate of drug-likeness (QED) is 0.585. The van der Waals surface area contributed by atoms with Crippen LogP contribution < -0.4 is 4.74 Å². The van der Waals surface area contributed by atoms with Crippen LogP contribution in [0.5, 0.6) is 5.75 Å². The van der Waals surface area contributed by atoms with Crippen molar-refractivity contribution in [3.8, 4) is 5.75 Å². The summed E-state index contributed by atoms with van der Waals surface area (Å²) in [6.07, 6.45) is 7.01. The van der Waals surface area contributed by atoms with Gasteiger partial charge in [-0.05, 0) is 68.1 Å². The number of hydrogen-bond donors (Lipinski definition) is 0. The molecule has 1 saturated heterocycles. The van der Waals surface area contributed by atoms with Crippen molar-refractivity contribution in [2.24, 2.45) is 5.41 Å². The van der Waals surface area contributed by atoms with Gasteiger partial charge in [0.1, 0.15) is 12.1 Å². The molecule has 1 spiro atoms. The summed E-state index contributed by atoms with van der Waals surface area (Å²) in [7, 11) is 0. The monoisotopic (exact) mass is 476 g/mol. The summed E-state index contributed by atoms with van der Waals surface area (Å²) in [4.78, 5) is 17.2. The van der Waals surface area contributed by atoms with Gasteiger partial charge in [0, 0.05) is 31.8 Å². The molecule has 2 aromatic rings. The summed E-state index contributed by atoms with van der Waals surface area (Å²) in [5.74, 6) is 1.83. The highest BCUT2D eigenvalue weighted by molar-refractivity contribution is 5.74. The minimum absolute atomic E-state index is 0.0185. The summed E-state index contributed by atoms with van der Waals surface area (Å²) in [6.45, 7) is 4.32. The number of carbonyl (C=O) groups excluding carboxylic acids is 1. The van der Waals surface area contributed by atoms with E-state index in [1.165, 1.54) is 57.9 Å². The Hall–Kier alpha value is -2.58. The van der Waals surface area contributed by atoms with Crippen LogP contribution in [0.4, 0.5) is 13.2 Å². The number of rotatable bonds is 4. The van der Waals surface area contributed by atoms with E-state index in [-0.39, 0.29) is 17.6 Å². The van der Waals surface area contributed by atoms with E-state index in [2.05, 4.69) is 19.5 Å². The summed E-state index contributed by atoms with van der Waals surface area (Å²) in [5, 5.41) is 4.62. The number of ether oxygens (including phenoxy) is 1. The Kier molecular flexibility index (Phi) is 5.84. The number of amides is 1. The number of likely N-dealkylation sites (tertiary alicyclic amines) is 1. The molecule has 0 bridgehead atoms. The van der Waals surface area contributed by atoms with Crippen molar-refractivity contribution in [2.75, 3.05) is 13.1 Å². The first kappa shape index (κ1) is 23.2. The second-order valence-corrected chi connectivity index (χ2v) is 10.5. The zero-order chi connectivity index (χ0) is 24.1. The molecule has 0 atom stereocenters. The minimum atomic E-state index is -4.67. The van der Waals surface area contributed by atoms with E-state index >= 15 is 0 Å². The van der Waals surface area contributed by atoms with Gasteiger partial charge in [-0.3, -0.25) is 4.79 Å². The maximum Gasteiger partial charge on any atom is 0.573 e. The fourth-order valence-electron chi connectivity index (χ4n) is 5.32. The van der Waals surface area contributed by atoms with E-state index in [1.807, 2.05) is 6.33 Å². The average molecular weight is 477 g/mol. The van der Waals surface area contributed by atoms with Crippen molar-refractivity contribution in [1.82, 2.24) is 19.7 Å². The van der Waals surface area contributed by atoms with Gasteiger partial charge >= 0.3 is 6.36 Å². The molecule has 4 aliphatic rings. The van der Waals surface area contributed by atoms with Crippen molar-refractivity contribution in [1.29, 1.82) is 0 Å². The van der Waals surface area contributed by atoms with Crippen molar-refractivity contribution in [3.63, 3.8) is 0 Å². The zero-order valence-corrected chi connectivity index (χ0v) is 19.6. The first-order valence-electron chi connectivity index (χ1n) is 12.1. The van der Waals surface area contributed by atoms with Crippen LogP contribution in [0.1, 0.15) is 86.7 Å². The molecule has 1 amide bonds. The molecule has 1 aromatic heterocycles. The van der Waals surface area contributed by atoms with Crippen molar-refractivity contribution >= 4 is 5.91 Å². The summed E-state index contributed by atoms with van der Waals surface area (Å²) >= 11 is 0. The Balaban J connectivity index is 0.000000144. The van der Waals surface area contributed by atoms with E-state index in [0.717, 1.165) is 16.8 Å². The van der Waals surface area contributed by atoms with Crippen LogP contribution in [0.3, 0.4) is 0 Å². The van der Waals surface area contributed by atoms with Gasteiger partial charge in [0.05, 0.1) is 6.04 Å². The third kappa shape index (κ3) is 4.93. The summed E-state index contributed by atoms with van der Waals surface area (Å²) in [6, 6.07) is 5.30. The molecule has 2 heterocycles. The van der Waals surface area contributed by atoms with Gasteiger partial charge in [0.2, 0.25) is 5.91 Å². The van der Waals surface area contributed by atoms with Crippen LogP contribution in [0.15, 0.2) is 24.5 Å². The molecule has 0 N–H and O–H groups in total. The molecular weight excluding hydrogens is 445 g/mol. The smallest absolute Gasteiger partial charge is 0.406 e. The van der Waals surface area contributed by atoms with Gasteiger partial charge in [-0.2, -0.15) is 5.10 Å². The normalized spacial score (nSPS) is 21.7. The van der Waals surface area contributed by atoms with E-state index in [4.69, 9.17) is 0 Å². The molecule has 184 valence electrons. The third-order valence-electron chi connectivity index (χ3n) is 7.82. The fraction of sp³-hybridized carbons (Fsp3) is 0.640. The lowest BCUT2D eigenvalue weighted by Gasteiger charge is -2.53. The lowest BCUT2D eigenvalue weighted by molar-refractivity contribution is -0.274. The van der Waals surface area contributed by atoms with Crippen LogP contribution in [-0.2, 0) is 4.79 Å². The molecule has 6 nitrogen and oxygen atoms in total. The Morgan fingerprint density at radius 1 is 1.15 bits per heavy atom. The molecule has 3 saturated carbocycles.